The number of benzene rings is 1. The van der Waals surface area contributed by atoms with Gasteiger partial charge in [0, 0.05) is 12.6 Å². The molecule has 0 saturated heterocycles. The van der Waals surface area contributed by atoms with E-state index in [1.165, 1.54) is 23.7 Å². The van der Waals surface area contributed by atoms with Crippen LogP contribution in [0.25, 0.3) is 0 Å². The predicted molar refractivity (Wildman–Crippen MR) is 117 cm³/mol. The van der Waals surface area contributed by atoms with E-state index in [1.54, 1.807) is 12.1 Å². The van der Waals surface area contributed by atoms with Crippen molar-refractivity contribution in [2.45, 2.75) is 44.2 Å². The van der Waals surface area contributed by atoms with Crippen molar-refractivity contribution in [3.05, 3.63) is 72.7 Å². The number of carbonyl (C=O) groups excluding carboxylic acids is 3. The molecule has 0 spiro atoms. The molecule has 1 atom stereocenters. The number of hydrogen-bond acceptors (Lipinski definition) is 4. The molecule has 1 aromatic carbocycles. The maximum atomic E-state index is 13.3. The zero-order chi connectivity index (χ0) is 22.1. The van der Waals surface area contributed by atoms with E-state index in [0.717, 1.165) is 25.7 Å². The lowest BCUT2D eigenvalue weighted by atomic mass is 9.94. The van der Waals surface area contributed by atoms with E-state index in [9.17, 15) is 14.4 Å². The Bertz CT molecular complexity index is 873. The lowest BCUT2D eigenvalue weighted by Crippen LogP contribution is -2.49. The second-order valence-electron chi connectivity index (χ2n) is 7.65. The molecule has 3 rings (SSSR count). The number of furan rings is 1. The summed E-state index contributed by atoms with van der Waals surface area (Å²) < 4.78 is 5.06. The minimum absolute atomic E-state index is 0.117. The quantitative estimate of drug-likeness (QED) is 0.606. The second kappa shape index (κ2) is 11.2. The standard InChI is InChI=1S/C24H29N3O4/c1-2-15-27(21(28)17-25-23(29)20-14-9-16-31-20)22(18-10-5-3-6-11-18)24(30)26-19-12-7-4-8-13-19/h2-3,5-6,9-11,14,16,19,22H,1,4,7-8,12-13,15,17H2,(H,25,29)(H,26,30)/t22-/m1/s1. The van der Waals surface area contributed by atoms with Crippen molar-refractivity contribution >= 4 is 17.7 Å². The summed E-state index contributed by atoms with van der Waals surface area (Å²) in [4.78, 5) is 40.0. The SMILES string of the molecule is C=CCN(C(=O)CNC(=O)c1ccco1)[C@@H](C(=O)NC1CCCCC1)c1ccccc1. The molecule has 1 heterocycles. The van der Waals surface area contributed by atoms with E-state index in [0.29, 0.717) is 5.56 Å². The molecule has 0 bridgehead atoms. The molecule has 3 amide bonds. The fourth-order valence-corrected chi connectivity index (χ4v) is 3.88. The van der Waals surface area contributed by atoms with Gasteiger partial charge in [0.05, 0.1) is 12.8 Å². The van der Waals surface area contributed by atoms with Gasteiger partial charge < -0.3 is 20.0 Å². The maximum absolute atomic E-state index is 13.3. The van der Waals surface area contributed by atoms with Gasteiger partial charge in [-0.15, -0.1) is 6.58 Å². The summed E-state index contributed by atoms with van der Waals surface area (Å²) in [5, 5.41) is 5.69. The van der Waals surface area contributed by atoms with Crippen LogP contribution < -0.4 is 10.6 Å². The van der Waals surface area contributed by atoms with Crippen LogP contribution in [0.3, 0.4) is 0 Å². The first-order chi connectivity index (χ1) is 15.1. The number of nitrogens with zero attached hydrogens (tertiary/aromatic N) is 1. The molecular weight excluding hydrogens is 394 g/mol. The maximum Gasteiger partial charge on any atom is 0.287 e. The van der Waals surface area contributed by atoms with E-state index in [4.69, 9.17) is 4.42 Å². The summed E-state index contributed by atoms with van der Waals surface area (Å²) in [6.45, 7) is 3.66. The van der Waals surface area contributed by atoms with Crippen molar-refractivity contribution in [3.63, 3.8) is 0 Å². The average Bonchev–Trinajstić information content (AvgIpc) is 3.33. The van der Waals surface area contributed by atoms with Crippen molar-refractivity contribution in [1.29, 1.82) is 0 Å². The van der Waals surface area contributed by atoms with Gasteiger partial charge in [0.2, 0.25) is 11.8 Å². The Balaban J connectivity index is 1.77. The van der Waals surface area contributed by atoms with Gasteiger partial charge in [-0.25, -0.2) is 0 Å². The fourth-order valence-electron chi connectivity index (χ4n) is 3.88. The summed E-state index contributed by atoms with van der Waals surface area (Å²) in [5.41, 5.74) is 0.711. The Morgan fingerprint density at radius 3 is 2.48 bits per heavy atom. The third-order valence-corrected chi connectivity index (χ3v) is 5.42. The molecule has 1 fully saturated rings. The molecule has 31 heavy (non-hydrogen) atoms. The van der Waals surface area contributed by atoms with E-state index >= 15 is 0 Å². The molecule has 1 aliphatic carbocycles. The Hall–Kier alpha value is -3.35. The van der Waals surface area contributed by atoms with Gasteiger partial charge in [-0.1, -0.05) is 55.7 Å². The van der Waals surface area contributed by atoms with E-state index in [1.807, 2.05) is 30.3 Å². The third-order valence-electron chi connectivity index (χ3n) is 5.42. The molecule has 1 aromatic heterocycles. The highest BCUT2D eigenvalue weighted by Crippen LogP contribution is 2.24. The summed E-state index contributed by atoms with van der Waals surface area (Å²) in [7, 11) is 0. The smallest absolute Gasteiger partial charge is 0.287 e. The fraction of sp³-hybridized carbons (Fsp3) is 0.375. The van der Waals surface area contributed by atoms with Crippen molar-refractivity contribution in [3.8, 4) is 0 Å². The van der Waals surface area contributed by atoms with Crippen LogP contribution in [0.2, 0.25) is 0 Å². The van der Waals surface area contributed by atoms with Crippen LogP contribution in [0.4, 0.5) is 0 Å². The molecule has 0 unspecified atom stereocenters. The Labute approximate surface area is 182 Å². The molecule has 2 aromatic rings. The molecule has 0 aliphatic heterocycles. The first-order valence-electron chi connectivity index (χ1n) is 10.7. The van der Waals surface area contributed by atoms with E-state index in [2.05, 4.69) is 17.2 Å². The van der Waals surface area contributed by atoms with Gasteiger partial charge in [-0.05, 0) is 30.5 Å². The van der Waals surface area contributed by atoms with Crippen LogP contribution in [-0.4, -0.2) is 41.8 Å². The largest absolute Gasteiger partial charge is 0.459 e. The summed E-state index contributed by atoms with van der Waals surface area (Å²) in [5.74, 6) is -0.962. The Kier molecular flexibility index (Phi) is 8.04. The Morgan fingerprint density at radius 1 is 1.10 bits per heavy atom. The van der Waals surface area contributed by atoms with Crippen LogP contribution in [0, 0.1) is 0 Å². The van der Waals surface area contributed by atoms with Crippen molar-refractivity contribution in [2.24, 2.45) is 0 Å². The van der Waals surface area contributed by atoms with Gasteiger partial charge in [0.1, 0.15) is 6.04 Å². The molecule has 7 heteroatoms. The zero-order valence-corrected chi connectivity index (χ0v) is 17.6. The third kappa shape index (κ3) is 6.07. The van der Waals surface area contributed by atoms with Gasteiger partial charge in [-0.2, -0.15) is 0 Å². The molecule has 164 valence electrons. The topological polar surface area (TPSA) is 91.7 Å². The van der Waals surface area contributed by atoms with Crippen molar-refractivity contribution < 1.29 is 18.8 Å². The van der Waals surface area contributed by atoms with Gasteiger partial charge in [-0.3, -0.25) is 14.4 Å². The minimum Gasteiger partial charge on any atom is -0.459 e. The van der Waals surface area contributed by atoms with Gasteiger partial charge in [0.15, 0.2) is 5.76 Å². The highest BCUT2D eigenvalue weighted by Gasteiger charge is 2.32. The number of hydrogen-bond donors (Lipinski definition) is 2. The van der Waals surface area contributed by atoms with E-state index < -0.39 is 11.9 Å². The molecule has 1 saturated carbocycles. The zero-order valence-electron chi connectivity index (χ0n) is 17.6. The van der Waals surface area contributed by atoms with Gasteiger partial charge in [0.25, 0.3) is 5.91 Å². The van der Waals surface area contributed by atoms with Gasteiger partial charge >= 0.3 is 0 Å². The van der Waals surface area contributed by atoms with E-state index in [-0.39, 0.29) is 36.7 Å². The number of amides is 3. The first-order valence-corrected chi connectivity index (χ1v) is 10.7. The normalized spacial score (nSPS) is 15.0. The van der Waals surface area contributed by atoms with Crippen LogP contribution in [0.1, 0.15) is 54.3 Å². The molecular formula is C24H29N3O4. The lowest BCUT2D eigenvalue weighted by molar-refractivity contribution is -0.139. The molecule has 0 radical (unpaired) electrons. The van der Waals surface area contributed by atoms with Crippen LogP contribution >= 0.6 is 0 Å². The second-order valence-corrected chi connectivity index (χ2v) is 7.65. The Morgan fingerprint density at radius 2 is 1.84 bits per heavy atom. The lowest BCUT2D eigenvalue weighted by Gasteiger charge is -2.32. The predicted octanol–water partition coefficient (Wildman–Crippen LogP) is 3.21. The number of carbonyl (C=O) groups is 3. The van der Waals surface area contributed by atoms with Crippen molar-refractivity contribution in [2.75, 3.05) is 13.1 Å². The van der Waals surface area contributed by atoms with Crippen LogP contribution in [0.5, 0.6) is 0 Å². The summed E-state index contributed by atoms with van der Waals surface area (Å²) in [6.07, 6.45) is 8.23. The molecule has 1 aliphatic rings. The average molecular weight is 424 g/mol. The number of nitrogens with one attached hydrogen (secondary N) is 2. The minimum atomic E-state index is -0.811. The first kappa shape index (κ1) is 22.3. The highest BCUT2D eigenvalue weighted by atomic mass is 16.3. The van der Waals surface area contributed by atoms with Crippen LogP contribution in [0.15, 0.2) is 65.8 Å². The molecule has 2 N–H and O–H groups in total. The molecule has 7 nitrogen and oxygen atoms in total. The highest BCUT2D eigenvalue weighted by molar-refractivity contribution is 5.95. The summed E-state index contributed by atoms with van der Waals surface area (Å²) >= 11 is 0. The number of rotatable bonds is 9. The van der Waals surface area contributed by atoms with Crippen molar-refractivity contribution in [1.82, 2.24) is 15.5 Å². The van der Waals surface area contributed by atoms with Crippen LogP contribution in [-0.2, 0) is 9.59 Å². The monoisotopic (exact) mass is 423 g/mol. The summed E-state index contributed by atoms with van der Waals surface area (Å²) in [6, 6.07) is 11.6.